The molecule has 0 radical (unpaired) electrons. The highest BCUT2D eigenvalue weighted by atomic mass is 16.4. The second kappa shape index (κ2) is 26.9. The number of hydrogen-bond donors (Lipinski definition) is 10. The molecule has 5 amide bonds. The molecule has 1 rings (SSSR count). The van der Waals surface area contributed by atoms with Gasteiger partial charge in [0, 0.05) is 12.8 Å². The monoisotopic (exact) mass is 793 g/mol. The van der Waals surface area contributed by atoms with Crippen LogP contribution in [-0.2, 0) is 40.0 Å². The van der Waals surface area contributed by atoms with Crippen LogP contribution in [-0.4, -0.2) is 110 Å². The number of carbonyl (C=O) groups is 7. The normalized spacial score (nSPS) is 14.3. The number of aliphatic hydroxyl groups is 2. The van der Waals surface area contributed by atoms with Crippen LogP contribution in [0.15, 0.2) is 24.3 Å². The molecule has 10 N–H and O–H groups in total. The molecule has 1 aromatic carbocycles. The summed E-state index contributed by atoms with van der Waals surface area (Å²) in [6.45, 7) is 5.45. The molecule has 0 unspecified atom stereocenters. The van der Waals surface area contributed by atoms with Gasteiger partial charge in [-0.25, -0.2) is 4.79 Å². The van der Waals surface area contributed by atoms with Crippen LogP contribution in [0.25, 0.3) is 0 Å². The van der Waals surface area contributed by atoms with Crippen molar-refractivity contribution in [3.8, 4) is 5.75 Å². The molecule has 0 aliphatic rings. The Kier molecular flexibility index (Phi) is 23.7. The van der Waals surface area contributed by atoms with Gasteiger partial charge in [0.15, 0.2) is 0 Å². The minimum atomic E-state index is -1.78. The second-order valence-electron chi connectivity index (χ2n) is 14.5. The lowest BCUT2D eigenvalue weighted by atomic mass is 10.0. The maximum absolute atomic E-state index is 13.3. The SMILES string of the molecule is CCCCCCCCCCCCCC(=O)N[C@@H](CC(=O)O)C(=O)N[C@H](C(=O)N[C@@H](CO)C(=O)N[C@@H](Cc1ccc(O)cc1)C(=O)N[C@H](C(=O)O)C(C)C)[C@@H](C)O. The predicted molar refractivity (Wildman–Crippen MR) is 206 cm³/mol. The summed E-state index contributed by atoms with van der Waals surface area (Å²) in [4.78, 5) is 89.0. The van der Waals surface area contributed by atoms with E-state index in [1.54, 1.807) is 13.8 Å². The van der Waals surface area contributed by atoms with Gasteiger partial charge < -0.3 is 52.1 Å². The van der Waals surface area contributed by atoms with Crippen LogP contribution in [0.4, 0.5) is 0 Å². The van der Waals surface area contributed by atoms with Gasteiger partial charge in [0.25, 0.3) is 0 Å². The lowest BCUT2D eigenvalue weighted by molar-refractivity contribution is -0.144. The number of aromatic hydroxyl groups is 1. The van der Waals surface area contributed by atoms with Gasteiger partial charge in [0.05, 0.1) is 19.1 Å². The highest BCUT2D eigenvalue weighted by molar-refractivity contribution is 5.97. The average molecular weight is 794 g/mol. The zero-order chi connectivity index (χ0) is 42.2. The van der Waals surface area contributed by atoms with Crippen molar-refractivity contribution in [2.45, 2.75) is 154 Å². The molecule has 0 saturated carbocycles. The van der Waals surface area contributed by atoms with E-state index in [1.165, 1.54) is 62.8 Å². The highest BCUT2D eigenvalue weighted by Crippen LogP contribution is 2.14. The Labute approximate surface area is 328 Å². The molecule has 316 valence electrons. The van der Waals surface area contributed by atoms with E-state index in [0.717, 1.165) is 32.6 Å². The number of carboxylic acid groups (broad SMARTS) is 2. The quantitative estimate of drug-likeness (QED) is 0.0519. The van der Waals surface area contributed by atoms with Crippen LogP contribution in [0.3, 0.4) is 0 Å². The Hall–Kier alpha value is -4.77. The third kappa shape index (κ3) is 19.7. The first-order valence-electron chi connectivity index (χ1n) is 19.5. The van der Waals surface area contributed by atoms with Crippen molar-refractivity contribution in [2.75, 3.05) is 6.61 Å². The minimum Gasteiger partial charge on any atom is -0.508 e. The van der Waals surface area contributed by atoms with Gasteiger partial charge in [0.2, 0.25) is 29.5 Å². The molecular formula is C39H63N5O12. The van der Waals surface area contributed by atoms with Crippen molar-refractivity contribution in [3.05, 3.63) is 29.8 Å². The van der Waals surface area contributed by atoms with Gasteiger partial charge in [-0.3, -0.25) is 28.8 Å². The number of amides is 5. The third-order valence-electron chi connectivity index (χ3n) is 9.16. The van der Waals surface area contributed by atoms with Gasteiger partial charge >= 0.3 is 11.9 Å². The Balaban J connectivity index is 2.92. The van der Waals surface area contributed by atoms with Crippen molar-refractivity contribution >= 4 is 41.5 Å². The molecule has 0 heterocycles. The summed E-state index contributed by atoms with van der Waals surface area (Å²) < 4.78 is 0. The highest BCUT2D eigenvalue weighted by Gasteiger charge is 2.35. The molecule has 17 heteroatoms. The maximum Gasteiger partial charge on any atom is 0.326 e. The molecule has 0 aliphatic heterocycles. The zero-order valence-corrected chi connectivity index (χ0v) is 33.1. The molecular weight excluding hydrogens is 730 g/mol. The first-order chi connectivity index (χ1) is 26.5. The number of aliphatic carboxylic acids is 2. The molecule has 1 aromatic rings. The Morgan fingerprint density at radius 3 is 1.57 bits per heavy atom. The fourth-order valence-electron chi connectivity index (χ4n) is 5.83. The molecule has 0 spiro atoms. The fourth-order valence-corrected chi connectivity index (χ4v) is 5.83. The van der Waals surface area contributed by atoms with Gasteiger partial charge in [0.1, 0.15) is 36.0 Å². The summed E-state index contributed by atoms with van der Waals surface area (Å²) in [7, 11) is 0. The molecule has 0 saturated heterocycles. The number of nitrogens with one attached hydrogen (secondary N) is 5. The number of phenolic OH excluding ortho intramolecular Hbond substituents is 1. The lowest BCUT2D eigenvalue weighted by Crippen LogP contribution is -2.62. The van der Waals surface area contributed by atoms with E-state index in [0.29, 0.717) is 12.0 Å². The Morgan fingerprint density at radius 1 is 0.607 bits per heavy atom. The van der Waals surface area contributed by atoms with Gasteiger partial charge in [-0.1, -0.05) is 97.1 Å². The van der Waals surface area contributed by atoms with E-state index in [1.807, 2.05) is 0 Å². The molecule has 6 atom stereocenters. The standard InChI is InChI=1S/C39H63N5O12/c1-5-6-7-8-9-10-11-12-13-14-15-16-31(48)40-29(22-32(49)50)36(52)44-34(25(4)46)38(54)42-30(23-45)37(53)41-28(21-26-17-19-27(47)20-18-26)35(51)43-33(24(2)3)39(55)56/h17-20,24-25,28-30,33-34,45-47H,5-16,21-23H2,1-4H3,(H,40,48)(H,41,53)(H,42,54)(H,43,51)(H,44,52)(H,49,50)(H,55,56)/t25-,28+,29+,30+,33+,34+/m1/s1. The van der Waals surface area contributed by atoms with Crippen LogP contribution < -0.4 is 26.6 Å². The van der Waals surface area contributed by atoms with Gasteiger partial charge in [-0.15, -0.1) is 0 Å². The minimum absolute atomic E-state index is 0.0498. The van der Waals surface area contributed by atoms with Crippen LogP contribution in [0.5, 0.6) is 5.75 Å². The fraction of sp³-hybridized carbons (Fsp3) is 0.667. The summed E-state index contributed by atoms with van der Waals surface area (Å²) >= 11 is 0. The van der Waals surface area contributed by atoms with Crippen LogP contribution >= 0.6 is 0 Å². The van der Waals surface area contributed by atoms with Crippen LogP contribution in [0.2, 0.25) is 0 Å². The third-order valence-corrected chi connectivity index (χ3v) is 9.16. The Morgan fingerprint density at radius 2 is 1.09 bits per heavy atom. The number of benzene rings is 1. The van der Waals surface area contributed by atoms with Gasteiger partial charge in [-0.05, 0) is 37.0 Å². The van der Waals surface area contributed by atoms with E-state index in [2.05, 4.69) is 33.5 Å². The summed E-state index contributed by atoms with van der Waals surface area (Å²) in [6.07, 6.45) is 9.21. The van der Waals surface area contributed by atoms with E-state index < -0.39 is 96.7 Å². The Bertz CT molecular complexity index is 1400. The number of rotatable bonds is 29. The van der Waals surface area contributed by atoms with Crippen molar-refractivity contribution in [3.63, 3.8) is 0 Å². The van der Waals surface area contributed by atoms with Crippen LogP contribution in [0, 0.1) is 5.92 Å². The number of phenols is 1. The van der Waals surface area contributed by atoms with Crippen molar-refractivity contribution in [2.24, 2.45) is 5.92 Å². The molecule has 0 aromatic heterocycles. The molecule has 17 nitrogen and oxygen atoms in total. The second-order valence-corrected chi connectivity index (χ2v) is 14.5. The smallest absolute Gasteiger partial charge is 0.326 e. The number of hydrogen-bond acceptors (Lipinski definition) is 10. The number of carboxylic acids is 2. The van der Waals surface area contributed by atoms with Crippen molar-refractivity contribution in [1.82, 2.24) is 26.6 Å². The molecule has 0 bridgehead atoms. The lowest BCUT2D eigenvalue weighted by Gasteiger charge is -2.27. The zero-order valence-electron chi connectivity index (χ0n) is 33.1. The van der Waals surface area contributed by atoms with E-state index >= 15 is 0 Å². The van der Waals surface area contributed by atoms with Gasteiger partial charge in [-0.2, -0.15) is 0 Å². The van der Waals surface area contributed by atoms with Crippen molar-refractivity contribution < 1.29 is 59.1 Å². The van der Waals surface area contributed by atoms with E-state index in [-0.39, 0.29) is 18.6 Å². The number of carbonyl (C=O) groups excluding carboxylic acids is 5. The molecule has 56 heavy (non-hydrogen) atoms. The number of unbranched alkanes of at least 4 members (excludes halogenated alkanes) is 10. The van der Waals surface area contributed by atoms with Crippen molar-refractivity contribution in [1.29, 1.82) is 0 Å². The van der Waals surface area contributed by atoms with E-state index in [9.17, 15) is 59.1 Å². The van der Waals surface area contributed by atoms with Crippen LogP contribution in [0.1, 0.15) is 117 Å². The number of aliphatic hydroxyl groups excluding tert-OH is 2. The maximum atomic E-state index is 13.3. The average Bonchev–Trinajstić information content (AvgIpc) is 3.13. The first-order valence-corrected chi connectivity index (χ1v) is 19.5. The first kappa shape index (κ1) is 49.2. The summed E-state index contributed by atoms with van der Waals surface area (Å²) in [5.74, 6) is -8.10. The molecule has 0 fully saturated rings. The topological polar surface area (TPSA) is 281 Å². The summed E-state index contributed by atoms with van der Waals surface area (Å²) in [5.41, 5.74) is 0.461. The summed E-state index contributed by atoms with van der Waals surface area (Å²) in [5, 5.41) is 60.6. The molecule has 0 aliphatic carbocycles. The largest absolute Gasteiger partial charge is 0.508 e. The predicted octanol–water partition coefficient (Wildman–Crippen LogP) is 1.65. The summed E-state index contributed by atoms with van der Waals surface area (Å²) in [6, 6.07) is -2.23. The van der Waals surface area contributed by atoms with E-state index in [4.69, 9.17) is 0 Å².